The minimum Gasteiger partial charge on any atom is -0.392 e. The number of aliphatic hydroxyl groups is 1. The van der Waals surface area contributed by atoms with Gasteiger partial charge in [0.05, 0.1) is 6.10 Å². The van der Waals surface area contributed by atoms with Crippen LogP contribution < -0.4 is 5.73 Å². The van der Waals surface area contributed by atoms with Crippen molar-refractivity contribution in [3.05, 3.63) is 0 Å². The van der Waals surface area contributed by atoms with Crippen LogP contribution in [0, 0.1) is 16.7 Å². The first-order chi connectivity index (χ1) is 6.32. The Balaban J connectivity index is 2.80. The first-order valence-electron chi connectivity index (χ1n) is 5.70. The van der Waals surface area contributed by atoms with Gasteiger partial charge in [0, 0.05) is 12.0 Å². The van der Waals surface area contributed by atoms with Crippen molar-refractivity contribution in [1.29, 1.82) is 0 Å². The largest absolute Gasteiger partial charge is 0.392 e. The monoisotopic (exact) mass is 199 g/mol. The smallest absolute Gasteiger partial charge is 0.0656 e. The summed E-state index contributed by atoms with van der Waals surface area (Å²) in [6.07, 6.45) is 3.11. The van der Waals surface area contributed by atoms with Crippen molar-refractivity contribution in [1.82, 2.24) is 0 Å². The van der Waals surface area contributed by atoms with E-state index in [-0.39, 0.29) is 16.9 Å². The van der Waals surface area contributed by atoms with Crippen LogP contribution in [0.3, 0.4) is 0 Å². The van der Waals surface area contributed by atoms with Crippen LogP contribution in [-0.4, -0.2) is 17.8 Å². The van der Waals surface area contributed by atoms with Crippen LogP contribution in [0.15, 0.2) is 0 Å². The normalized spacial score (nSPS) is 36.0. The number of nitrogens with two attached hydrogens (primary N) is 1. The topological polar surface area (TPSA) is 46.2 Å². The van der Waals surface area contributed by atoms with Crippen LogP contribution in [0.25, 0.3) is 0 Å². The van der Waals surface area contributed by atoms with Gasteiger partial charge in [-0.2, -0.15) is 0 Å². The molecule has 0 saturated heterocycles. The SMILES string of the molecule is CC1CCC(CN)(C(O)C(C)(C)C)C1. The van der Waals surface area contributed by atoms with Crippen LogP contribution in [0.4, 0.5) is 0 Å². The molecule has 0 aromatic carbocycles. The van der Waals surface area contributed by atoms with Gasteiger partial charge in [-0.3, -0.25) is 0 Å². The molecule has 0 amide bonds. The van der Waals surface area contributed by atoms with Gasteiger partial charge in [-0.25, -0.2) is 0 Å². The van der Waals surface area contributed by atoms with Gasteiger partial charge < -0.3 is 10.8 Å². The Morgan fingerprint density at radius 3 is 2.36 bits per heavy atom. The van der Waals surface area contributed by atoms with Crippen LogP contribution in [-0.2, 0) is 0 Å². The van der Waals surface area contributed by atoms with Crippen LogP contribution in [0.1, 0.15) is 47.0 Å². The van der Waals surface area contributed by atoms with Gasteiger partial charge in [0.2, 0.25) is 0 Å². The third-order valence-corrected chi connectivity index (χ3v) is 3.70. The molecular weight excluding hydrogens is 174 g/mol. The second-order valence-electron chi connectivity index (χ2n) is 6.18. The molecule has 3 N–H and O–H groups in total. The number of rotatable bonds is 2. The molecule has 1 rings (SSSR count). The molecule has 3 atom stereocenters. The number of hydrogen-bond acceptors (Lipinski definition) is 2. The molecule has 0 heterocycles. The third-order valence-electron chi connectivity index (χ3n) is 3.70. The molecule has 0 aliphatic heterocycles. The maximum absolute atomic E-state index is 10.4. The number of aliphatic hydroxyl groups excluding tert-OH is 1. The third kappa shape index (κ3) is 2.12. The molecule has 1 aliphatic rings. The molecule has 84 valence electrons. The molecule has 0 radical (unpaired) electrons. The fourth-order valence-electron chi connectivity index (χ4n) is 2.90. The molecule has 2 nitrogen and oxygen atoms in total. The van der Waals surface area contributed by atoms with E-state index in [0.717, 1.165) is 18.8 Å². The van der Waals surface area contributed by atoms with E-state index in [1.165, 1.54) is 6.42 Å². The van der Waals surface area contributed by atoms with Crippen molar-refractivity contribution in [2.75, 3.05) is 6.54 Å². The van der Waals surface area contributed by atoms with E-state index in [0.29, 0.717) is 6.54 Å². The molecule has 1 aliphatic carbocycles. The van der Waals surface area contributed by atoms with Crippen molar-refractivity contribution in [3.8, 4) is 0 Å². The summed E-state index contributed by atoms with van der Waals surface area (Å²) in [4.78, 5) is 0. The average Bonchev–Trinajstić information content (AvgIpc) is 2.46. The van der Waals surface area contributed by atoms with Crippen LogP contribution in [0.2, 0.25) is 0 Å². The summed E-state index contributed by atoms with van der Waals surface area (Å²) in [6, 6.07) is 0. The molecule has 2 heteroatoms. The lowest BCUT2D eigenvalue weighted by Crippen LogP contribution is -2.46. The van der Waals surface area contributed by atoms with Gasteiger partial charge in [-0.05, 0) is 24.2 Å². The Morgan fingerprint density at radius 2 is 2.07 bits per heavy atom. The molecule has 0 aromatic heterocycles. The zero-order valence-corrected chi connectivity index (χ0v) is 10.0. The van der Waals surface area contributed by atoms with Crippen molar-refractivity contribution >= 4 is 0 Å². The van der Waals surface area contributed by atoms with Crippen molar-refractivity contribution in [3.63, 3.8) is 0 Å². The second kappa shape index (κ2) is 3.82. The summed E-state index contributed by atoms with van der Waals surface area (Å²) < 4.78 is 0. The van der Waals surface area contributed by atoms with E-state index >= 15 is 0 Å². The minimum absolute atomic E-state index is 0.0162. The molecular formula is C12H25NO. The van der Waals surface area contributed by atoms with Gasteiger partial charge >= 0.3 is 0 Å². The highest BCUT2D eigenvalue weighted by Crippen LogP contribution is 2.47. The van der Waals surface area contributed by atoms with Crippen molar-refractivity contribution < 1.29 is 5.11 Å². The van der Waals surface area contributed by atoms with Crippen molar-refractivity contribution in [2.45, 2.75) is 53.1 Å². The molecule has 3 unspecified atom stereocenters. The molecule has 0 bridgehead atoms. The highest BCUT2D eigenvalue weighted by Gasteiger charge is 2.46. The summed E-state index contributed by atoms with van der Waals surface area (Å²) in [6.45, 7) is 9.16. The fraction of sp³-hybridized carbons (Fsp3) is 1.00. The van der Waals surface area contributed by atoms with Gasteiger partial charge in [-0.1, -0.05) is 34.1 Å². The summed E-state index contributed by atoms with van der Waals surface area (Å²) in [5, 5.41) is 10.4. The van der Waals surface area contributed by atoms with Gasteiger partial charge in [0.1, 0.15) is 0 Å². The maximum atomic E-state index is 10.4. The summed E-state index contributed by atoms with van der Waals surface area (Å²) in [5.74, 6) is 0.718. The van der Waals surface area contributed by atoms with E-state index < -0.39 is 0 Å². The fourth-order valence-corrected chi connectivity index (χ4v) is 2.90. The lowest BCUT2D eigenvalue weighted by molar-refractivity contribution is -0.0448. The lowest BCUT2D eigenvalue weighted by atomic mass is 9.69. The Labute approximate surface area is 87.9 Å². The molecule has 0 aromatic rings. The van der Waals surface area contributed by atoms with E-state index in [2.05, 4.69) is 27.7 Å². The van der Waals surface area contributed by atoms with E-state index in [9.17, 15) is 5.11 Å². The first kappa shape index (κ1) is 12.0. The van der Waals surface area contributed by atoms with Gasteiger partial charge in [0.15, 0.2) is 0 Å². The maximum Gasteiger partial charge on any atom is 0.0656 e. The van der Waals surface area contributed by atoms with E-state index in [4.69, 9.17) is 5.73 Å². The van der Waals surface area contributed by atoms with Gasteiger partial charge in [0.25, 0.3) is 0 Å². The standard InChI is InChI=1S/C12H25NO/c1-9-5-6-12(7-9,8-13)10(14)11(2,3)4/h9-10,14H,5-8,13H2,1-4H3. The van der Waals surface area contributed by atoms with Crippen molar-refractivity contribution in [2.24, 2.45) is 22.5 Å². The molecule has 1 saturated carbocycles. The molecule has 14 heavy (non-hydrogen) atoms. The summed E-state index contributed by atoms with van der Waals surface area (Å²) in [5.41, 5.74) is 5.80. The Bertz CT molecular complexity index is 197. The summed E-state index contributed by atoms with van der Waals surface area (Å²) >= 11 is 0. The lowest BCUT2D eigenvalue weighted by Gasteiger charge is -2.41. The quantitative estimate of drug-likeness (QED) is 0.716. The Kier molecular flexibility index (Phi) is 3.27. The minimum atomic E-state index is -0.273. The predicted molar refractivity (Wildman–Crippen MR) is 60.0 cm³/mol. The molecule has 1 fully saturated rings. The zero-order chi connectivity index (χ0) is 11.0. The highest BCUT2D eigenvalue weighted by atomic mass is 16.3. The highest BCUT2D eigenvalue weighted by molar-refractivity contribution is 4.98. The van der Waals surface area contributed by atoms with Crippen LogP contribution in [0.5, 0.6) is 0 Å². The van der Waals surface area contributed by atoms with E-state index in [1.807, 2.05) is 0 Å². The zero-order valence-electron chi connectivity index (χ0n) is 10.0. The first-order valence-corrected chi connectivity index (χ1v) is 5.70. The summed E-state index contributed by atoms with van der Waals surface area (Å²) in [7, 11) is 0. The van der Waals surface area contributed by atoms with E-state index in [1.54, 1.807) is 0 Å². The molecule has 0 spiro atoms. The predicted octanol–water partition coefficient (Wildman–Crippen LogP) is 2.16. The van der Waals surface area contributed by atoms with Crippen LogP contribution >= 0.6 is 0 Å². The Hall–Kier alpha value is -0.0800. The Morgan fingerprint density at radius 1 is 1.50 bits per heavy atom. The second-order valence-corrected chi connectivity index (χ2v) is 6.18. The van der Waals surface area contributed by atoms with Gasteiger partial charge in [-0.15, -0.1) is 0 Å². The average molecular weight is 199 g/mol. The number of hydrogen-bond donors (Lipinski definition) is 2.